The molecule has 1 saturated carbocycles. The van der Waals surface area contributed by atoms with Gasteiger partial charge in [-0.2, -0.15) is 0 Å². The highest BCUT2D eigenvalue weighted by atomic mass is 127. The molecule has 1 aliphatic rings. The van der Waals surface area contributed by atoms with Crippen molar-refractivity contribution in [2.24, 2.45) is 5.92 Å². The average molecular weight is 392 g/mol. The predicted molar refractivity (Wildman–Crippen MR) is 81.0 cm³/mol. The van der Waals surface area contributed by atoms with Crippen molar-refractivity contribution in [2.75, 3.05) is 12.5 Å². The lowest BCUT2D eigenvalue weighted by Crippen LogP contribution is -3.00. The van der Waals surface area contributed by atoms with E-state index in [0.717, 1.165) is 0 Å². The van der Waals surface area contributed by atoms with Gasteiger partial charge in [0.25, 0.3) is 0 Å². The zero-order valence-corrected chi connectivity index (χ0v) is 14.9. The van der Waals surface area contributed by atoms with Crippen molar-refractivity contribution >= 4 is 10.9 Å². The van der Waals surface area contributed by atoms with Crippen LogP contribution in [0.3, 0.4) is 0 Å². The lowest BCUT2D eigenvalue weighted by atomic mass is 9.83. The molecule has 1 nitrogen and oxygen atoms in total. The van der Waals surface area contributed by atoms with Crippen LogP contribution in [0.25, 0.3) is 0 Å². The summed E-state index contributed by atoms with van der Waals surface area (Å²) < 4.78 is 0. The standard InChI is InChI=1S/C16H25OS.HI/c1-18(2)16(14-11-7-4-8-12-14)15(17)13-9-5-3-6-10-13;/h4,7-8,11-13,15-17H,3,5-6,9-10H2,1-2H3;1H/q+1;/p-1/t15-,16+;/m1./s1. The second-order valence-electron chi connectivity index (χ2n) is 5.60. The van der Waals surface area contributed by atoms with Gasteiger partial charge in [0.2, 0.25) is 0 Å². The lowest BCUT2D eigenvalue weighted by molar-refractivity contribution is -0.00000675. The SMILES string of the molecule is C[S+](C)[C@@H](c1ccccc1)[C@H](O)C1CCCCC1.[I-]. The van der Waals surface area contributed by atoms with Gasteiger partial charge in [-0.15, -0.1) is 0 Å². The minimum atomic E-state index is -0.161. The maximum atomic E-state index is 10.8. The summed E-state index contributed by atoms with van der Waals surface area (Å²) in [6.07, 6.45) is 10.7. The Morgan fingerprint density at radius 1 is 1.05 bits per heavy atom. The molecular weight excluding hydrogens is 367 g/mol. The Balaban J connectivity index is 0.00000180. The van der Waals surface area contributed by atoms with E-state index in [1.165, 1.54) is 37.7 Å². The van der Waals surface area contributed by atoms with Crippen LogP contribution < -0.4 is 24.0 Å². The molecule has 19 heavy (non-hydrogen) atoms. The third kappa shape index (κ3) is 4.64. The number of hydrogen-bond donors (Lipinski definition) is 1. The number of aliphatic hydroxyl groups is 1. The molecule has 0 aliphatic heterocycles. The molecule has 0 aromatic heterocycles. The van der Waals surface area contributed by atoms with Crippen LogP contribution >= 0.6 is 0 Å². The highest BCUT2D eigenvalue weighted by Gasteiger charge is 2.37. The summed E-state index contributed by atoms with van der Waals surface area (Å²) in [6, 6.07) is 10.6. The van der Waals surface area contributed by atoms with Crippen LogP contribution in [0.5, 0.6) is 0 Å². The van der Waals surface area contributed by atoms with Gasteiger partial charge in [0.05, 0.1) is 12.5 Å². The van der Waals surface area contributed by atoms with Crippen molar-refractivity contribution in [3.8, 4) is 0 Å². The molecule has 1 aromatic rings. The summed E-state index contributed by atoms with van der Waals surface area (Å²) in [7, 11) is 0.214. The molecule has 2 rings (SSSR count). The van der Waals surface area contributed by atoms with E-state index >= 15 is 0 Å². The van der Waals surface area contributed by atoms with E-state index in [0.29, 0.717) is 11.2 Å². The van der Waals surface area contributed by atoms with Crippen LogP contribution in [0.1, 0.15) is 42.9 Å². The summed E-state index contributed by atoms with van der Waals surface area (Å²) in [6.45, 7) is 0. The normalized spacial score (nSPS) is 19.8. The Hall–Kier alpha value is 0.260. The van der Waals surface area contributed by atoms with Gasteiger partial charge in [-0.3, -0.25) is 0 Å². The van der Waals surface area contributed by atoms with Gasteiger partial charge in [-0.1, -0.05) is 49.6 Å². The third-order valence-electron chi connectivity index (χ3n) is 4.08. The van der Waals surface area contributed by atoms with Crippen molar-refractivity contribution in [2.45, 2.75) is 43.5 Å². The number of rotatable bonds is 4. The average Bonchev–Trinajstić information content (AvgIpc) is 2.40. The van der Waals surface area contributed by atoms with Crippen molar-refractivity contribution in [1.82, 2.24) is 0 Å². The first-order chi connectivity index (χ1) is 8.70. The molecule has 1 aliphatic carbocycles. The molecule has 0 saturated heterocycles. The molecule has 108 valence electrons. The first-order valence-electron chi connectivity index (χ1n) is 6.99. The summed E-state index contributed by atoms with van der Waals surface area (Å²) >= 11 is 0. The molecule has 0 radical (unpaired) electrons. The third-order valence-corrected chi connectivity index (χ3v) is 5.65. The van der Waals surface area contributed by atoms with E-state index in [-0.39, 0.29) is 41.0 Å². The van der Waals surface area contributed by atoms with Crippen LogP contribution in [0.4, 0.5) is 0 Å². The molecule has 0 spiro atoms. The summed E-state index contributed by atoms with van der Waals surface area (Å²) in [5.41, 5.74) is 1.31. The van der Waals surface area contributed by atoms with Crippen LogP contribution in [-0.2, 0) is 10.9 Å². The monoisotopic (exact) mass is 392 g/mol. The fourth-order valence-electron chi connectivity index (χ4n) is 3.11. The summed E-state index contributed by atoms with van der Waals surface area (Å²) in [5.74, 6) is 0.513. The van der Waals surface area contributed by atoms with Crippen LogP contribution in [0, 0.1) is 5.92 Å². The first-order valence-corrected chi connectivity index (χ1v) is 9.10. The van der Waals surface area contributed by atoms with E-state index < -0.39 is 0 Å². The van der Waals surface area contributed by atoms with E-state index in [9.17, 15) is 5.11 Å². The summed E-state index contributed by atoms with van der Waals surface area (Å²) in [4.78, 5) is 0. The van der Waals surface area contributed by atoms with Crippen LogP contribution in [-0.4, -0.2) is 23.7 Å². The largest absolute Gasteiger partial charge is 1.00 e. The van der Waals surface area contributed by atoms with E-state index in [2.05, 4.69) is 42.8 Å². The molecule has 1 fully saturated rings. The lowest BCUT2D eigenvalue weighted by Gasteiger charge is -2.30. The van der Waals surface area contributed by atoms with Gasteiger partial charge < -0.3 is 29.1 Å². The quantitative estimate of drug-likeness (QED) is 0.586. The number of benzene rings is 1. The van der Waals surface area contributed by atoms with Crippen molar-refractivity contribution < 1.29 is 29.1 Å². The minimum absolute atomic E-state index is 0. The molecule has 3 heteroatoms. The van der Waals surface area contributed by atoms with E-state index in [1.54, 1.807) is 0 Å². The highest BCUT2D eigenvalue weighted by molar-refractivity contribution is 7.95. The van der Waals surface area contributed by atoms with Crippen molar-refractivity contribution in [1.29, 1.82) is 0 Å². The van der Waals surface area contributed by atoms with Crippen molar-refractivity contribution in [3.63, 3.8) is 0 Å². The van der Waals surface area contributed by atoms with Crippen LogP contribution in [0.15, 0.2) is 30.3 Å². The van der Waals surface area contributed by atoms with Crippen LogP contribution in [0.2, 0.25) is 0 Å². The molecule has 1 N–H and O–H groups in total. The Bertz CT molecular complexity index is 349. The fraction of sp³-hybridized carbons (Fsp3) is 0.625. The topological polar surface area (TPSA) is 20.2 Å². The molecule has 0 amide bonds. The number of halogens is 1. The van der Waals surface area contributed by atoms with Gasteiger partial charge in [-0.25, -0.2) is 0 Å². The zero-order chi connectivity index (χ0) is 13.0. The second-order valence-corrected chi connectivity index (χ2v) is 7.87. The van der Waals surface area contributed by atoms with Gasteiger partial charge in [0.1, 0.15) is 6.10 Å². The fourth-order valence-corrected chi connectivity index (χ4v) is 4.60. The van der Waals surface area contributed by atoms with Gasteiger partial charge >= 0.3 is 0 Å². The van der Waals surface area contributed by atoms with Gasteiger partial charge in [-0.05, 0) is 29.7 Å². The molecule has 2 atom stereocenters. The van der Waals surface area contributed by atoms with E-state index in [1.807, 2.05) is 0 Å². The first kappa shape index (κ1) is 17.3. The Labute approximate surface area is 137 Å². The summed E-state index contributed by atoms with van der Waals surface area (Å²) in [5, 5.41) is 11.1. The van der Waals surface area contributed by atoms with Gasteiger partial charge in [0.15, 0.2) is 5.25 Å². The van der Waals surface area contributed by atoms with Crippen molar-refractivity contribution in [3.05, 3.63) is 35.9 Å². The molecule has 1 aromatic carbocycles. The Kier molecular flexibility index (Phi) is 7.77. The second kappa shape index (κ2) is 8.53. The smallest absolute Gasteiger partial charge is 0.168 e. The molecule has 0 heterocycles. The Morgan fingerprint density at radius 2 is 1.63 bits per heavy atom. The maximum Gasteiger partial charge on any atom is 0.168 e. The predicted octanol–water partition coefficient (Wildman–Crippen LogP) is 0.551. The zero-order valence-electron chi connectivity index (χ0n) is 11.9. The Morgan fingerprint density at radius 3 is 2.16 bits per heavy atom. The molecular formula is C16H25IOS. The molecule has 0 bridgehead atoms. The maximum absolute atomic E-state index is 10.8. The number of hydrogen-bond acceptors (Lipinski definition) is 1. The highest BCUT2D eigenvalue weighted by Crippen LogP contribution is 2.36. The number of aliphatic hydroxyl groups excluding tert-OH is 1. The minimum Gasteiger partial charge on any atom is -1.00 e. The molecule has 0 unspecified atom stereocenters. The van der Waals surface area contributed by atoms with E-state index in [4.69, 9.17) is 0 Å². The van der Waals surface area contributed by atoms with Gasteiger partial charge in [0, 0.05) is 5.56 Å².